The maximum Gasteiger partial charge on any atom is 0.254 e. The Hall–Kier alpha value is -1.35. The number of ether oxygens (including phenoxy) is 1. The summed E-state index contributed by atoms with van der Waals surface area (Å²) in [6.07, 6.45) is 0. The monoisotopic (exact) mass is 219 g/mol. The van der Waals surface area contributed by atoms with Gasteiger partial charge in [-0.05, 0) is 26.0 Å². The third kappa shape index (κ3) is 2.09. The van der Waals surface area contributed by atoms with Crippen LogP contribution in [0.1, 0.15) is 24.2 Å². The molecule has 3 heteroatoms. The van der Waals surface area contributed by atoms with Gasteiger partial charge in [0.05, 0.1) is 18.8 Å². The molecule has 1 fully saturated rings. The minimum Gasteiger partial charge on any atom is -0.377 e. The highest BCUT2D eigenvalue weighted by Gasteiger charge is 2.34. The molecular formula is C13H17NO2. The summed E-state index contributed by atoms with van der Waals surface area (Å²) in [5, 5.41) is 0. The quantitative estimate of drug-likeness (QED) is 0.722. The summed E-state index contributed by atoms with van der Waals surface area (Å²) < 4.78 is 5.41. The number of hydrogen-bond acceptors (Lipinski definition) is 2. The smallest absolute Gasteiger partial charge is 0.254 e. The molecule has 1 amide bonds. The van der Waals surface area contributed by atoms with Gasteiger partial charge in [-0.2, -0.15) is 0 Å². The van der Waals surface area contributed by atoms with Crippen molar-refractivity contribution < 1.29 is 9.53 Å². The van der Waals surface area contributed by atoms with Crippen molar-refractivity contribution in [2.75, 3.05) is 19.8 Å². The van der Waals surface area contributed by atoms with E-state index in [9.17, 15) is 4.79 Å². The molecule has 0 aliphatic carbocycles. The molecule has 1 heterocycles. The van der Waals surface area contributed by atoms with Crippen LogP contribution in [0.15, 0.2) is 30.3 Å². The molecule has 0 N–H and O–H groups in total. The van der Waals surface area contributed by atoms with E-state index in [1.807, 2.05) is 49.1 Å². The Morgan fingerprint density at radius 3 is 2.62 bits per heavy atom. The van der Waals surface area contributed by atoms with Crippen molar-refractivity contribution in [2.24, 2.45) is 0 Å². The number of carbonyl (C=O) groups excluding carboxylic acids is 1. The van der Waals surface area contributed by atoms with E-state index in [1.54, 1.807) is 0 Å². The summed E-state index contributed by atoms with van der Waals surface area (Å²) >= 11 is 0. The van der Waals surface area contributed by atoms with Crippen molar-refractivity contribution in [3.8, 4) is 0 Å². The lowest BCUT2D eigenvalue weighted by molar-refractivity contribution is -0.0370. The van der Waals surface area contributed by atoms with Crippen molar-refractivity contribution in [1.82, 2.24) is 4.90 Å². The fourth-order valence-corrected chi connectivity index (χ4v) is 1.97. The molecule has 0 radical (unpaired) electrons. The minimum absolute atomic E-state index is 0.0916. The van der Waals surface area contributed by atoms with E-state index in [2.05, 4.69) is 0 Å². The van der Waals surface area contributed by atoms with E-state index in [1.165, 1.54) is 0 Å². The lowest BCUT2D eigenvalue weighted by Gasteiger charge is -2.42. The molecule has 1 aromatic carbocycles. The number of morpholine rings is 1. The molecule has 16 heavy (non-hydrogen) atoms. The van der Waals surface area contributed by atoms with E-state index in [-0.39, 0.29) is 11.4 Å². The van der Waals surface area contributed by atoms with Gasteiger partial charge in [0.15, 0.2) is 0 Å². The van der Waals surface area contributed by atoms with Crippen LogP contribution in [0.5, 0.6) is 0 Å². The van der Waals surface area contributed by atoms with Crippen molar-refractivity contribution in [1.29, 1.82) is 0 Å². The SMILES string of the molecule is CC1(C)COCCN1C(=O)c1ccccc1. The van der Waals surface area contributed by atoms with E-state index in [0.29, 0.717) is 19.8 Å². The molecule has 0 bridgehead atoms. The van der Waals surface area contributed by atoms with Gasteiger partial charge in [-0.15, -0.1) is 0 Å². The topological polar surface area (TPSA) is 29.5 Å². The van der Waals surface area contributed by atoms with Crippen LogP contribution in [0.4, 0.5) is 0 Å². The number of nitrogens with zero attached hydrogens (tertiary/aromatic N) is 1. The van der Waals surface area contributed by atoms with Crippen LogP contribution in [0.3, 0.4) is 0 Å². The van der Waals surface area contributed by atoms with Crippen molar-refractivity contribution >= 4 is 5.91 Å². The van der Waals surface area contributed by atoms with Crippen molar-refractivity contribution in [2.45, 2.75) is 19.4 Å². The van der Waals surface area contributed by atoms with E-state index >= 15 is 0 Å². The predicted octanol–water partition coefficient (Wildman–Crippen LogP) is 1.94. The number of amides is 1. The third-order valence-electron chi connectivity index (χ3n) is 2.91. The Balaban J connectivity index is 2.21. The Morgan fingerprint density at radius 2 is 2.00 bits per heavy atom. The zero-order valence-corrected chi connectivity index (χ0v) is 9.77. The standard InChI is InChI=1S/C13H17NO2/c1-13(2)10-16-9-8-14(13)12(15)11-6-4-3-5-7-11/h3-7H,8-10H2,1-2H3. The summed E-state index contributed by atoms with van der Waals surface area (Å²) in [6, 6.07) is 9.41. The average molecular weight is 219 g/mol. The first kappa shape index (κ1) is 11.1. The number of carbonyl (C=O) groups is 1. The molecular weight excluding hydrogens is 202 g/mol. The summed E-state index contributed by atoms with van der Waals surface area (Å²) in [5.74, 6) is 0.0916. The zero-order valence-electron chi connectivity index (χ0n) is 9.77. The molecule has 1 aliphatic rings. The first-order valence-electron chi connectivity index (χ1n) is 5.56. The Kier molecular flexibility index (Phi) is 2.97. The highest BCUT2D eigenvalue weighted by molar-refractivity contribution is 5.94. The first-order chi connectivity index (χ1) is 7.61. The van der Waals surface area contributed by atoms with Crippen LogP contribution in [0.25, 0.3) is 0 Å². The Labute approximate surface area is 96.0 Å². The molecule has 86 valence electrons. The average Bonchev–Trinajstić information content (AvgIpc) is 2.29. The van der Waals surface area contributed by atoms with Crippen LogP contribution in [0, 0.1) is 0 Å². The maximum atomic E-state index is 12.3. The fourth-order valence-electron chi connectivity index (χ4n) is 1.97. The van der Waals surface area contributed by atoms with Crippen LogP contribution in [-0.2, 0) is 4.74 Å². The molecule has 1 saturated heterocycles. The number of hydrogen-bond donors (Lipinski definition) is 0. The molecule has 3 nitrogen and oxygen atoms in total. The van der Waals surface area contributed by atoms with Gasteiger partial charge in [-0.3, -0.25) is 4.79 Å². The van der Waals surface area contributed by atoms with Gasteiger partial charge in [-0.25, -0.2) is 0 Å². The van der Waals surface area contributed by atoms with E-state index < -0.39 is 0 Å². The van der Waals surface area contributed by atoms with Gasteiger partial charge >= 0.3 is 0 Å². The van der Waals surface area contributed by atoms with Crippen molar-refractivity contribution in [3.63, 3.8) is 0 Å². The number of benzene rings is 1. The molecule has 0 spiro atoms. The zero-order chi connectivity index (χ0) is 11.6. The highest BCUT2D eigenvalue weighted by atomic mass is 16.5. The largest absolute Gasteiger partial charge is 0.377 e. The predicted molar refractivity (Wildman–Crippen MR) is 62.4 cm³/mol. The minimum atomic E-state index is -0.217. The van der Waals surface area contributed by atoms with Gasteiger partial charge in [0.2, 0.25) is 0 Å². The summed E-state index contributed by atoms with van der Waals surface area (Å²) in [6.45, 7) is 5.97. The number of rotatable bonds is 1. The van der Waals surface area contributed by atoms with E-state index in [4.69, 9.17) is 4.74 Å². The van der Waals surface area contributed by atoms with Gasteiger partial charge in [0.25, 0.3) is 5.91 Å². The van der Waals surface area contributed by atoms with Gasteiger partial charge in [-0.1, -0.05) is 18.2 Å². The molecule has 0 atom stereocenters. The summed E-state index contributed by atoms with van der Waals surface area (Å²) in [5.41, 5.74) is 0.531. The van der Waals surface area contributed by atoms with Gasteiger partial charge < -0.3 is 9.64 Å². The summed E-state index contributed by atoms with van der Waals surface area (Å²) in [4.78, 5) is 14.2. The van der Waals surface area contributed by atoms with E-state index in [0.717, 1.165) is 5.56 Å². The van der Waals surface area contributed by atoms with Crippen LogP contribution >= 0.6 is 0 Å². The lowest BCUT2D eigenvalue weighted by atomic mass is 10.0. The maximum absolute atomic E-state index is 12.3. The van der Waals surface area contributed by atoms with Gasteiger partial charge in [0, 0.05) is 12.1 Å². The van der Waals surface area contributed by atoms with Crippen molar-refractivity contribution in [3.05, 3.63) is 35.9 Å². The molecule has 2 rings (SSSR count). The lowest BCUT2D eigenvalue weighted by Crippen LogP contribution is -2.55. The Morgan fingerprint density at radius 1 is 1.31 bits per heavy atom. The molecule has 0 unspecified atom stereocenters. The fraction of sp³-hybridized carbons (Fsp3) is 0.462. The second-order valence-corrected chi connectivity index (χ2v) is 4.69. The molecule has 1 aliphatic heterocycles. The first-order valence-corrected chi connectivity index (χ1v) is 5.56. The molecule has 0 saturated carbocycles. The second kappa shape index (κ2) is 4.26. The normalized spacial score (nSPS) is 19.5. The highest BCUT2D eigenvalue weighted by Crippen LogP contribution is 2.21. The van der Waals surface area contributed by atoms with Crippen LogP contribution in [-0.4, -0.2) is 36.1 Å². The molecule has 1 aromatic rings. The van der Waals surface area contributed by atoms with Crippen LogP contribution in [0.2, 0.25) is 0 Å². The second-order valence-electron chi connectivity index (χ2n) is 4.69. The molecule has 0 aromatic heterocycles. The van der Waals surface area contributed by atoms with Crippen LogP contribution < -0.4 is 0 Å². The van der Waals surface area contributed by atoms with Gasteiger partial charge in [0.1, 0.15) is 0 Å². The summed E-state index contributed by atoms with van der Waals surface area (Å²) in [7, 11) is 0. The third-order valence-corrected chi connectivity index (χ3v) is 2.91. The Bertz CT molecular complexity index is 373.